The van der Waals surface area contributed by atoms with Crippen LogP contribution in [0.4, 0.5) is 26.7 Å². The van der Waals surface area contributed by atoms with Gasteiger partial charge in [-0.2, -0.15) is 0 Å². The molecule has 0 saturated heterocycles. The largest absolute Gasteiger partial charge is 0.497 e. The maximum absolute atomic E-state index is 13.9. The molecule has 0 aliphatic carbocycles. The molecule has 8 N–H and O–H groups in total. The minimum atomic E-state index is -0.880. The molecule has 6 amide bonds. The van der Waals surface area contributed by atoms with Crippen LogP contribution in [0.25, 0.3) is 16.8 Å². The summed E-state index contributed by atoms with van der Waals surface area (Å²) < 4.78 is 76.8. The molecule has 1 aliphatic rings. The molecule has 0 bridgehead atoms. The van der Waals surface area contributed by atoms with E-state index in [1.54, 1.807) is 62.3 Å². The van der Waals surface area contributed by atoms with Gasteiger partial charge in [-0.15, -0.1) is 11.6 Å². The van der Waals surface area contributed by atoms with Gasteiger partial charge in [0.25, 0.3) is 5.91 Å². The number of primary amides is 1. The molecular weight excluding hydrogens is 1290 g/mol. The van der Waals surface area contributed by atoms with Gasteiger partial charge in [0.15, 0.2) is 5.78 Å². The van der Waals surface area contributed by atoms with Crippen LogP contribution in [0.5, 0.6) is 5.75 Å². The predicted molar refractivity (Wildman–Crippen MR) is 371 cm³/mol. The monoisotopic (exact) mass is 1400 g/mol. The Hall–Kier alpha value is -6.93. The highest BCUT2D eigenvalue weighted by Gasteiger charge is 2.34. The van der Waals surface area contributed by atoms with Crippen molar-refractivity contribution < 1.29 is 95.1 Å². The van der Waals surface area contributed by atoms with Crippen LogP contribution in [0.1, 0.15) is 62.1 Å². The molecular formula is C70H102ClN7O20. The molecule has 0 spiro atoms. The summed E-state index contributed by atoms with van der Waals surface area (Å²) >= 11 is 6.49. The van der Waals surface area contributed by atoms with Gasteiger partial charge in [-0.05, 0) is 77.2 Å². The summed E-state index contributed by atoms with van der Waals surface area (Å²) in [5.41, 5.74) is 14.5. The Morgan fingerprint density at radius 1 is 0.622 bits per heavy atom. The van der Waals surface area contributed by atoms with Gasteiger partial charge in [0.1, 0.15) is 12.4 Å². The smallest absolute Gasteiger partial charge is 0.411 e. The quantitative estimate of drug-likeness (QED) is 0.0153. The van der Waals surface area contributed by atoms with Crippen molar-refractivity contribution in [1.29, 1.82) is 0 Å². The average molecular weight is 1400 g/mol. The Labute approximate surface area is 580 Å². The van der Waals surface area contributed by atoms with Gasteiger partial charge >= 0.3 is 12.1 Å². The first-order valence-electron chi connectivity index (χ1n) is 33.4. The topological polar surface area (TPSA) is 335 Å². The Balaban J connectivity index is 0.896. The van der Waals surface area contributed by atoms with Crippen molar-refractivity contribution in [3.63, 3.8) is 0 Å². The van der Waals surface area contributed by atoms with E-state index in [2.05, 4.69) is 21.3 Å². The SMILES string of the molecule is COc1ccc(/C=C/C(=O)N2CC(CCl)c3c2cc(NC(=O)OCc2ccc(NC(=O)C(CCCNC(N)=O)CC(=O)C(NC(=O)CCOCCOCCOCCOCCOCCOCCOCCOCCOCCOCCOCCOCCN)C(C)C)cc2)c2ccccc32)cc1. The number of carbonyl (C=O) groups excluding carboxylic acids is 6. The summed E-state index contributed by atoms with van der Waals surface area (Å²) in [5, 5.41) is 12.7. The molecule has 4 aromatic carbocycles. The molecule has 1 aliphatic heterocycles. The molecule has 3 atom stereocenters. The van der Waals surface area contributed by atoms with Crippen LogP contribution in [0.15, 0.2) is 84.9 Å². The molecule has 1 heterocycles. The minimum absolute atomic E-state index is 0.00181. The second-order valence-electron chi connectivity index (χ2n) is 22.7. The molecule has 5 rings (SSSR count). The maximum atomic E-state index is 13.9. The third-order valence-corrected chi connectivity index (χ3v) is 15.4. The number of amides is 6. The van der Waals surface area contributed by atoms with Crippen LogP contribution in [-0.4, -0.2) is 233 Å². The lowest BCUT2D eigenvalue weighted by Crippen LogP contribution is -2.45. The summed E-state index contributed by atoms with van der Waals surface area (Å²) in [6.07, 6.45) is 2.90. The number of alkyl halides is 1. The summed E-state index contributed by atoms with van der Waals surface area (Å²) in [7, 11) is 1.59. The van der Waals surface area contributed by atoms with Crippen molar-refractivity contribution >= 4 is 81.1 Å². The van der Waals surface area contributed by atoms with Crippen LogP contribution in [0.3, 0.4) is 0 Å². The van der Waals surface area contributed by atoms with E-state index < -0.39 is 30.0 Å². The summed E-state index contributed by atoms with van der Waals surface area (Å²) in [4.78, 5) is 81.0. The number of nitrogens with two attached hydrogens (primary N) is 2. The van der Waals surface area contributed by atoms with Crippen molar-refractivity contribution in [2.24, 2.45) is 23.3 Å². The second-order valence-corrected chi connectivity index (χ2v) is 23.0. The third kappa shape index (κ3) is 33.3. The van der Waals surface area contributed by atoms with E-state index in [0.717, 1.165) is 21.9 Å². The van der Waals surface area contributed by atoms with E-state index >= 15 is 0 Å². The fraction of sp³-hybridized carbons (Fsp3) is 0.571. The number of carbonyl (C=O) groups is 6. The van der Waals surface area contributed by atoms with E-state index in [1.165, 1.54) is 6.08 Å². The summed E-state index contributed by atoms with van der Waals surface area (Å²) in [6.45, 7) is 14.8. The minimum Gasteiger partial charge on any atom is -0.497 e. The molecule has 28 heteroatoms. The number of nitrogens with one attached hydrogen (secondary N) is 4. The normalized spacial score (nSPS) is 13.4. The van der Waals surface area contributed by atoms with Crippen LogP contribution in [0, 0.1) is 11.8 Å². The number of methoxy groups -OCH3 is 1. The molecule has 0 fully saturated rings. The number of hydrogen-bond acceptors (Lipinski definition) is 21. The van der Waals surface area contributed by atoms with E-state index in [0.29, 0.717) is 193 Å². The number of ether oxygens (including phenoxy) is 14. The lowest BCUT2D eigenvalue weighted by molar-refractivity contribution is -0.131. The number of halogens is 1. The zero-order valence-corrected chi connectivity index (χ0v) is 57.7. The predicted octanol–water partition coefficient (Wildman–Crippen LogP) is 6.63. The van der Waals surface area contributed by atoms with E-state index in [4.69, 9.17) is 89.4 Å². The third-order valence-electron chi connectivity index (χ3n) is 15.0. The molecule has 4 aromatic rings. The van der Waals surface area contributed by atoms with Gasteiger partial charge in [0.05, 0.1) is 183 Å². The van der Waals surface area contributed by atoms with Gasteiger partial charge in [0.2, 0.25) is 11.8 Å². The molecule has 3 unspecified atom stereocenters. The van der Waals surface area contributed by atoms with E-state index in [9.17, 15) is 28.8 Å². The van der Waals surface area contributed by atoms with Gasteiger partial charge in [0, 0.05) is 67.3 Å². The van der Waals surface area contributed by atoms with Gasteiger partial charge in [-0.25, -0.2) is 9.59 Å². The molecule has 27 nitrogen and oxygen atoms in total. The average Bonchev–Trinajstić information content (AvgIpc) is 1.55. The van der Waals surface area contributed by atoms with Gasteiger partial charge in [-0.3, -0.25) is 24.5 Å². The highest BCUT2D eigenvalue weighted by Crippen LogP contribution is 2.45. The number of fused-ring (bicyclic) bond motifs is 3. The Morgan fingerprint density at radius 3 is 1.58 bits per heavy atom. The molecule has 544 valence electrons. The highest BCUT2D eigenvalue weighted by molar-refractivity contribution is 6.19. The first-order valence-corrected chi connectivity index (χ1v) is 33.9. The number of hydrogen-bond donors (Lipinski definition) is 6. The van der Waals surface area contributed by atoms with Gasteiger partial charge < -0.3 is 98.6 Å². The summed E-state index contributed by atoms with van der Waals surface area (Å²) in [6, 6.07) is 21.8. The lowest BCUT2D eigenvalue weighted by Gasteiger charge is -2.24. The standard InChI is InChI=1S/C70H102ClN7O20/c1-52(2)67(77-64(80)20-23-86-25-27-88-29-31-90-33-35-92-37-39-94-41-43-96-45-46-97-44-42-95-40-38-93-36-34-91-32-30-89-28-26-87-24-21-72)63(79)47-55(7-6-22-74-69(73)83)68(82)75-57-15-10-54(11-16-57)51-98-70(84)76-61-48-62-66(60-9-5-4-8-59(60)61)56(49-71)50-78(62)65(81)19-14-53-12-17-58(85-3)18-13-53/h4-5,8-19,48,52,55-56,67H,6-7,20-47,49-51,72H2,1-3H3,(H,75,82)(H,76,84)(H,77,80)(H3,73,74,83)/b19-14+. The van der Waals surface area contributed by atoms with Crippen molar-refractivity contribution in [2.45, 2.75) is 58.1 Å². The van der Waals surface area contributed by atoms with E-state index in [1.807, 2.05) is 48.5 Å². The van der Waals surface area contributed by atoms with Crippen LogP contribution < -0.4 is 42.4 Å². The van der Waals surface area contributed by atoms with Crippen LogP contribution >= 0.6 is 11.6 Å². The number of nitrogens with zero attached hydrogens (tertiary/aromatic N) is 1. The van der Waals surface area contributed by atoms with Crippen molar-refractivity contribution in [2.75, 3.05) is 207 Å². The van der Waals surface area contributed by atoms with Crippen molar-refractivity contribution in [3.05, 3.63) is 102 Å². The Kier molecular flexibility index (Phi) is 42.0. The Morgan fingerprint density at radius 2 is 1.11 bits per heavy atom. The lowest BCUT2D eigenvalue weighted by atomic mass is 9.89. The number of rotatable bonds is 56. The Bertz CT molecular complexity index is 2950. The number of ketones is 1. The van der Waals surface area contributed by atoms with Crippen LogP contribution in [0.2, 0.25) is 0 Å². The maximum Gasteiger partial charge on any atom is 0.411 e. The first kappa shape index (κ1) is 81.7. The van der Waals surface area contributed by atoms with Crippen molar-refractivity contribution in [1.82, 2.24) is 10.6 Å². The number of Topliss-reactive ketones (excluding diaryl/α,β-unsaturated/α-hetero) is 1. The summed E-state index contributed by atoms with van der Waals surface area (Å²) in [5.74, 6) is -1.68. The molecule has 0 saturated carbocycles. The zero-order valence-electron chi connectivity index (χ0n) is 56.9. The van der Waals surface area contributed by atoms with E-state index in [-0.39, 0.29) is 80.9 Å². The fourth-order valence-electron chi connectivity index (χ4n) is 9.97. The van der Waals surface area contributed by atoms with Gasteiger partial charge in [-0.1, -0.05) is 62.4 Å². The molecule has 98 heavy (non-hydrogen) atoms. The number of benzene rings is 4. The molecule has 0 radical (unpaired) electrons. The first-order chi connectivity index (χ1) is 47.8. The second kappa shape index (κ2) is 50.4. The molecule has 0 aromatic heterocycles. The number of anilines is 3. The fourth-order valence-corrected chi connectivity index (χ4v) is 10.2. The zero-order chi connectivity index (χ0) is 70.2. The number of urea groups is 1. The van der Waals surface area contributed by atoms with Crippen molar-refractivity contribution in [3.8, 4) is 5.75 Å². The highest BCUT2D eigenvalue weighted by atomic mass is 35.5. The van der Waals surface area contributed by atoms with Crippen LogP contribution in [-0.2, 0) is 87.4 Å².